The molecule has 222 valence electrons. The average molecular weight is 653 g/mol. The number of benzene rings is 3. The van der Waals surface area contributed by atoms with E-state index in [2.05, 4.69) is 68.2 Å². The largest absolute Gasteiger partial charge is 0.497 e. The highest BCUT2D eigenvalue weighted by Crippen LogP contribution is 2.43. The zero-order valence-electron chi connectivity index (χ0n) is 24.1. The molecule has 0 radical (unpaired) electrons. The first kappa shape index (κ1) is 30.6. The third-order valence-electron chi connectivity index (χ3n) is 9.49. The Balaban J connectivity index is 0.00000353. The molecule has 3 fully saturated rings. The Morgan fingerprint density at radius 3 is 2.24 bits per heavy atom. The first-order valence-corrected chi connectivity index (χ1v) is 15.5. The molecule has 3 aliphatic rings. The first-order valence-electron chi connectivity index (χ1n) is 14.7. The second-order valence-corrected chi connectivity index (χ2v) is 12.8. The molecule has 6 nitrogen and oxygen atoms in total. The van der Waals surface area contributed by atoms with Gasteiger partial charge in [0.1, 0.15) is 5.75 Å². The molecule has 3 heterocycles. The van der Waals surface area contributed by atoms with E-state index in [0.717, 1.165) is 68.8 Å². The van der Waals surface area contributed by atoms with Gasteiger partial charge in [0.2, 0.25) is 5.91 Å². The predicted octanol–water partition coefficient (Wildman–Crippen LogP) is 6.25. The molecule has 0 bridgehead atoms. The van der Waals surface area contributed by atoms with Crippen LogP contribution in [0.25, 0.3) is 0 Å². The van der Waals surface area contributed by atoms with Crippen molar-refractivity contribution in [2.75, 3.05) is 46.4 Å². The lowest BCUT2D eigenvalue weighted by molar-refractivity contribution is -0.139. The maximum absolute atomic E-state index is 13.6. The quantitative estimate of drug-likeness (QED) is 0.303. The Hall–Kier alpha value is -2.87. The minimum atomic E-state index is -0.212. The number of likely N-dealkylation sites (tertiary alicyclic amines) is 3. The SMILES string of the molecule is COc1ccc(C(=O)N2C[C@H](CN3CCC4(CC3)CCN(Cc3ccc(Br)cc3)C4=O)[C@@H](c3ccccc3)C2)cc1.Cl. The standard InChI is InChI=1S/C34H38BrN3O3.ClH/c1-41-30-13-9-27(10-14-30)32(39)38-23-28(31(24-38)26-5-3-2-4-6-26)22-36-18-15-34(16-19-36)17-20-37(33(34)40)21-25-7-11-29(35)12-8-25;/h2-14,28,31H,15-24H2,1H3;1H/t28-,31+;/m0./s1. The molecule has 42 heavy (non-hydrogen) atoms. The summed E-state index contributed by atoms with van der Waals surface area (Å²) in [5.41, 5.74) is 2.96. The zero-order valence-corrected chi connectivity index (χ0v) is 26.5. The third kappa shape index (κ3) is 6.38. The summed E-state index contributed by atoms with van der Waals surface area (Å²) in [5, 5.41) is 0. The van der Waals surface area contributed by atoms with E-state index >= 15 is 0 Å². The van der Waals surface area contributed by atoms with Gasteiger partial charge in [-0.05, 0) is 85.8 Å². The molecule has 1 spiro atoms. The van der Waals surface area contributed by atoms with Crippen LogP contribution in [0.4, 0.5) is 0 Å². The van der Waals surface area contributed by atoms with Gasteiger partial charge in [0, 0.05) is 48.7 Å². The number of halogens is 2. The summed E-state index contributed by atoms with van der Waals surface area (Å²) in [4.78, 5) is 33.7. The van der Waals surface area contributed by atoms with Crippen LogP contribution in [0.15, 0.2) is 83.3 Å². The van der Waals surface area contributed by atoms with Crippen molar-refractivity contribution in [1.82, 2.24) is 14.7 Å². The minimum absolute atomic E-state index is 0. The molecule has 6 rings (SSSR count). The summed E-state index contributed by atoms with van der Waals surface area (Å²) in [6.45, 7) is 5.81. The van der Waals surface area contributed by atoms with Crippen molar-refractivity contribution in [3.05, 3.63) is 100 Å². The van der Waals surface area contributed by atoms with Crippen LogP contribution >= 0.6 is 28.3 Å². The number of carbonyl (C=O) groups is 2. The molecule has 2 amide bonds. The Labute approximate surface area is 263 Å². The number of ether oxygens (including phenoxy) is 1. The highest BCUT2D eigenvalue weighted by molar-refractivity contribution is 9.10. The number of rotatable bonds is 7. The third-order valence-corrected chi connectivity index (χ3v) is 10.0. The molecular weight excluding hydrogens is 614 g/mol. The van der Waals surface area contributed by atoms with Gasteiger partial charge in [-0.15, -0.1) is 12.4 Å². The van der Waals surface area contributed by atoms with Gasteiger partial charge in [0.15, 0.2) is 0 Å². The molecular formula is C34H39BrClN3O3. The number of nitrogens with zero attached hydrogens (tertiary/aromatic N) is 3. The van der Waals surface area contributed by atoms with E-state index in [4.69, 9.17) is 4.74 Å². The van der Waals surface area contributed by atoms with Gasteiger partial charge < -0.3 is 19.4 Å². The molecule has 0 unspecified atom stereocenters. The molecule has 8 heteroatoms. The molecule has 3 saturated heterocycles. The van der Waals surface area contributed by atoms with E-state index < -0.39 is 0 Å². The van der Waals surface area contributed by atoms with Gasteiger partial charge >= 0.3 is 0 Å². The molecule has 0 aliphatic carbocycles. The topological polar surface area (TPSA) is 53.1 Å². The Morgan fingerprint density at radius 1 is 0.905 bits per heavy atom. The smallest absolute Gasteiger partial charge is 0.253 e. The summed E-state index contributed by atoms with van der Waals surface area (Å²) in [6, 6.07) is 26.3. The fraction of sp³-hybridized carbons (Fsp3) is 0.412. The Bertz CT molecular complexity index is 1360. The molecule has 0 saturated carbocycles. The van der Waals surface area contributed by atoms with Gasteiger partial charge in [-0.25, -0.2) is 0 Å². The number of carbonyl (C=O) groups excluding carboxylic acids is 2. The molecule has 2 atom stereocenters. The molecule has 0 N–H and O–H groups in total. The van der Waals surface area contributed by atoms with Crippen molar-refractivity contribution in [3.63, 3.8) is 0 Å². The van der Waals surface area contributed by atoms with E-state index in [1.165, 1.54) is 11.1 Å². The maximum atomic E-state index is 13.6. The summed E-state index contributed by atoms with van der Waals surface area (Å²) in [6.07, 6.45) is 2.79. The molecule has 3 aliphatic heterocycles. The van der Waals surface area contributed by atoms with E-state index in [1.807, 2.05) is 41.3 Å². The second kappa shape index (κ2) is 13.2. The highest BCUT2D eigenvalue weighted by atomic mass is 79.9. The van der Waals surface area contributed by atoms with Crippen LogP contribution in [0.2, 0.25) is 0 Å². The van der Waals surface area contributed by atoms with E-state index in [0.29, 0.717) is 29.9 Å². The highest BCUT2D eigenvalue weighted by Gasteiger charge is 2.48. The fourth-order valence-corrected chi connectivity index (χ4v) is 7.29. The lowest BCUT2D eigenvalue weighted by Crippen LogP contribution is -2.46. The first-order chi connectivity index (χ1) is 19.9. The van der Waals surface area contributed by atoms with Crippen LogP contribution < -0.4 is 4.74 Å². The van der Waals surface area contributed by atoms with Crippen molar-refractivity contribution >= 4 is 40.2 Å². The number of piperidine rings is 1. The van der Waals surface area contributed by atoms with Crippen LogP contribution in [0, 0.1) is 11.3 Å². The van der Waals surface area contributed by atoms with Crippen LogP contribution in [0.5, 0.6) is 5.75 Å². The van der Waals surface area contributed by atoms with E-state index in [9.17, 15) is 9.59 Å². The normalized spacial score (nSPS) is 21.9. The van der Waals surface area contributed by atoms with Crippen LogP contribution in [-0.2, 0) is 11.3 Å². The number of amides is 2. The van der Waals surface area contributed by atoms with Crippen LogP contribution in [0.3, 0.4) is 0 Å². The van der Waals surface area contributed by atoms with Crippen molar-refractivity contribution in [3.8, 4) is 5.75 Å². The van der Waals surface area contributed by atoms with E-state index in [-0.39, 0.29) is 23.7 Å². The van der Waals surface area contributed by atoms with Crippen molar-refractivity contribution in [2.24, 2.45) is 11.3 Å². The zero-order chi connectivity index (χ0) is 28.4. The van der Waals surface area contributed by atoms with Gasteiger partial charge in [0.05, 0.1) is 12.5 Å². The van der Waals surface area contributed by atoms with Gasteiger partial charge in [0.25, 0.3) is 5.91 Å². The average Bonchev–Trinajstić information content (AvgIpc) is 3.56. The monoisotopic (exact) mass is 651 g/mol. The minimum Gasteiger partial charge on any atom is -0.497 e. The fourth-order valence-electron chi connectivity index (χ4n) is 7.03. The van der Waals surface area contributed by atoms with Crippen molar-refractivity contribution < 1.29 is 14.3 Å². The summed E-state index contributed by atoms with van der Waals surface area (Å²) >= 11 is 3.50. The van der Waals surface area contributed by atoms with E-state index in [1.54, 1.807) is 7.11 Å². The van der Waals surface area contributed by atoms with Crippen molar-refractivity contribution in [1.29, 1.82) is 0 Å². The summed E-state index contributed by atoms with van der Waals surface area (Å²) in [7, 11) is 1.64. The van der Waals surface area contributed by atoms with Crippen LogP contribution in [0.1, 0.15) is 46.7 Å². The van der Waals surface area contributed by atoms with Crippen LogP contribution in [-0.4, -0.2) is 72.9 Å². The second-order valence-electron chi connectivity index (χ2n) is 11.9. The maximum Gasteiger partial charge on any atom is 0.253 e. The number of hydrogen-bond donors (Lipinski definition) is 0. The lowest BCUT2D eigenvalue weighted by atomic mass is 9.76. The summed E-state index contributed by atoms with van der Waals surface area (Å²) < 4.78 is 6.33. The van der Waals surface area contributed by atoms with Gasteiger partial charge in [-0.1, -0.05) is 58.4 Å². The lowest BCUT2D eigenvalue weighted by Gasteiger charge is -2.39. The van der Waals surface area contributed by atoms with Gasteiger partial charge in [-0.2, -0.15) is 0 Å². The summed E-state index contributed by atoms with van der Waals surface area (Å²) in [5.74, 6) is 1.81. The predicted molar refractivity (Wildman–Crippen MR) is 171 cm³/mol. The Kier molecular flexibility index (Phi) is 9.60. The molecule has 3 aromatic rings. The number of methoxy groups -OCH3 is 1. The molecule has 0 aromatic heterocycles. The number of hydrogen-bond acceptors (Lipinski definition) is 4. The van der Waals surface area contributed by atoms with Crippen molar-refractivity contribution in [2.45, 2.75) is 31.7 Å². The Morgan fingerprint density at radius 2 is 1.57 bits per heavy atom. The molecule has 3 aromatic carbocycles. The van der Waals surface area contributed by atoms with Gasteiger partial charge in [-0.3, -0.25) is 9.59 Å².